The van der Waals surface area contributed by atoms with Gasteiger partial charge in [-0.15, -0.1) is 0 Å². The first-order valence-corrected chi connectivity index (χ1v) is 11.8. The first-order valence-electron chi connectivity index (χ1n) is 11.8. The summed E-state index contributed by atoms with van der Waals surface area (Å²) in [5.41, 5.74) is 4.65. The van der Waals surface area contributed by atoms with Gasteiger partial charge in [-0.3, -0.25) is 14.4 Å². The van der Waals surface area contributed by atoms with Gasteiger partial charge in [-0.1, -0.05) is 0 Å². The molecule has 0 bridgehead atoms. The molecule has 172 valence electrons. The Bertz CT molecular complexity index is 909. The van der Waals surface area contributed by atoms with E-state index >= 15 is 0 Å². The Balaban J connectivity index is 1.35. The molecular weight excluding hydrogens is 408 g/mol. The minimum Gasteiger partial charge on any atom is -0.342 e. The number of hydrazone groups is 1. The number of hydrogen-bond donors (Lipinski definition) is 1. The first-order chi connectivity index (χ1) is 15.5. The van der Waals surface area contributed by atoms with E-state index in [2.05, 4.69) is 20.5 Å². The Kier molecular flexibility index (Phi) is 7.12. The molecule has 0 spiro atoms. The zero-order valence-electron chi connectivity index (χ0n) is 18.8. The van der Waals surface area contributed by atoms with Gasteiger partial charge in [-0.25, -0.2) is 15.4 Å². The summed E-state index contributed by atoms with van der Waals surface area (Å²) in [5.74, 6) is 0.850. The second-order valence-electron chi connectivity index (χ2n) is 8.97. The van der Waals surface area contributed by atoms with E-state index in [0.29, 0.717) is 43.5 Å². The van der Waals surface area contributed by atoms with Crippen LogP contribution in [0.15, 0.2) is 11.3 Å². The predicted molar refractivity (Wildman–Crippen MR) is 119 cm³/mol. The summed E-state index contributed by atoms with van der Waals surface area (Å²) in [6.45, 7) is 4.82. The molecule has 9 heteroatoms. The molecule has 3 amide bonds. The number of carbonyl (C=O) groups excluding carboxylic acids is 3. The normalized spacial score (nSPS) is 21.7. The van der Waals surface area contributed by atoms with Crippen molar-refractivity contribution in [2.75, 3.05) is 26.2 Å². The highest BCUT2D eigenvalue weighted by Gasteiger charge is 2.28. The SMILES string of the molecule is Cc1nc([C@@H]2CCCN(C(=O)CCC3=NNC(=O)CC3)C2)ncc1C(=O)N1CCCCC1. The van der Waals surface area contributed by atoms with Gasteiger partial charge in [0.2, 0.25) is 11.8 Å². The van der Waals surface area contributed by atoms with E-state index in [1.165, 1.54) is 6.42 Å². The Morgan fingerprint density at radius 3 is 2.59 bits per heavy atom. The van der Waals surface area contributed by atoms with Crippen molar-refractivity contribution < 1.29 is 14.4 Å². The van der Waals surface area contributed by atoms with Crippen molar-refractivity contribution in [3.63, 3.8) is 0 Å². The molecular formula is C23H32N6O3. The standard InChI is InChI=1S/C23H32N6O3/c1-16-19(23(32)28-11-3-2-4-12-28)14-24-22(25-16)17-6-5-13-29(15-17)21(31)10-8-18-7-9-20(30)27-26-18/h14,17H,2-13,15H2,1H3,(H,27,30)/t17-/m1/s1. The third-order valence-electron chi connectivity index (χ3n) is 6.62. The van der Waals surface area contributed by atoms with E-state index in [-0.39, 0.29) is 23.6 Å². The molecule has 1 atom stereocenters. The minimum atomic E-state index is -0.0714. The summed E-state index contributed by atoms with van der Waals surface area (Å²) in [4.78, 5) is 49.8. The molecule has 3 aliphatic rings. The fraction of sp³-hybridized carbons (Fsp3) is 0.652. The number of rotatable bonds is 5. The zero-order valence-corrected chi connectivity index (χ0v) is 18.8. The van der Waals surface area contributed by atoms with Gasteiger partial charge in [0.1, 0.15) is 5.82 Å². The van der Waals surface area contributed by atoms with E-state index in [1.807, 2.05) is 16.7 Å². The number of aryl methyl sites for hydroxylation is 1. The van der Waals surface area contributed by atoms with Crippen molar-refractivity contribution in [1.82, 2.24) is 25.2 Å². The van der Waals surface area contributed by atoms with Gasteiger partial charge in [-0.05, 0) is 51.9 Å². The lowest BCUT2D eigenvalue weighted by atomic mass is 9.96. The first kappa shape index (κ1) is 22.4. The van der Waals surface area contributed by atoms with Gasteiger partial charge < -0.3 is 9.80 Å². The lowest BCUT2D eigenvalue weighted by Crippen LogP contribution is -2.40. The molecule has 1 N–H and O–H groups in total. The van der Waals surface area contributed by atoms with Crippen LogP contribution in [0, 0.1) is 6.92 Å². The van der Waals surface area contributed by atoms with Crippen LogP contribution in [0.1, 0.15) is 85.6 Å². The van der Waals surface area contributed by atoms with Crippen LogP contribution in [0.4, 0.5) is 0 Å². The molecule has 1 aromatic rings. The van der Waals surface area contributed by atoms with E-state index < -0.39 is 0 Å². The average molecular weight is 441 g/mol. The van der Waals surface area contributed by atoms with E-state index in [9.17, 15) is 14.4 Å². The summed E-state index contributed by atoms with van der Waals surface area (Å²) in [7, 11) is 0. The Morgan fingerprint density at radius 2 is 1.88 bits per heavy atom. The molecule has 9 nitrogen and oxygen atoms in total. The van der Waals surface area contributed by atoms with Gasteiger partial charge in [0.05, 0.1) is 11.3 Å². The van der Waals surface area contributed by atoms with E-state index in [1.54, 1.807) is 6.20 Å². The highest BCUT2D eigenvalue weighted by molar-refractivity contribution is 5.95. The fourth-order valence-electron chi connectivity index (χ4n) is 4.67. The van der Waals surface area contributed by atoms with Crippen molar-refractivity contribution >= 4 is 23.4 Å². The predicted octanol–water partition coefficient (Wildman–Crippen LogP) is 2.16. The Labute approximate surface area is 188 Å². The summed E-state index contributed by atoms with van der Waals surface area (Å²) in [6.07, 6.45) is 8.82. The quantitative estimate of drug-likeness (QED) is 0.755. The van der Waals surface area contributed by atoms with Crippen LogP contribution in [-0.2, 0) is 9.59 Å². The molecule has 4 rings (SSSR count). The second kappa shape index (κ2) is 10.2. The van der Waals surface area contributed by atoms with Gasteiger partial charge >= 0.3 is 0 Å². The molecule has 0 saturated carbocycles. The van der Waals surface area contributed by atoms with Gasteiger partial charge in [-0.2, -0.15) is 5.10 Å². The molecule has 2 saturated heterocycles. The summed E-state index contributed by atoms with van der Waals surface area (Å²) < 4.78 is 0. The monoisotopic (exact) mass is 440 g/mol. The smallest absolute Gasteiger partial charge is 0.257 e. The largest absolute Gasteiger partial charge is 0.342 e. The number of nitrogens with zero attached hydrogens (tertiary/aromatic N) is 5. The molecule has 2 fully saturated rings. The molecule has 1 aromatic heterocycles. The number of likely N-dealkylation sites (tertiary alicyclic amines) is 2. The van der Waals surface area contributed by atoms with Crippen molar-refractivity contribution in [2.24, 2.45) is 5.10 Å². The van der Waals surface area contributed by atoms with Gasteiger partial charge in [0, 0.05) is 56.8 Å². The van der Waals surface area contributed by atoms with Crippen LogP contribution in [0.2, 0.25) is 0 Å². The third-order valence-corrected chi connectivity index (χ3v) is 6.62. The Hall–Kier alpha value is -2.84. The third kappa shape index (κ3) is 5.31. The molecule has 32 heavy (non-hydrogen) atoms. The van der Waals surface area contributed by atoms with Crippen LogP contribution in [0.5, 0.6) is 0 Å². The number of amides is 3. The van der Waals surface area contributed by atoms with E-state index in [4.69, 9.17) is 0 Å². The maximum Gasteiger partial charge on any atom is 0.257 e. The molecule has 0 unspecified atom stereocenters. The fourth-order valence-corrected chi connectivity index (χ4v) is 4.67. The highest BCUT2D eigenvalue weighted by Crippen LogP contribution is 2.26. The summed E-state index contributed by atoms with van der Waals surface area (Å²) >= 11 is 0. The van der Waals surface area contributed by atoms with Crippen molar-refractivity contribution in [1.29, 1.82) is 0 Å². The van der Waals surface area contributed by atoms with Crippen molar-refractivity contribution in [3.05, 3.63) is 23.3 Å². The number of carbonyl (C=O) groups is 3. The van der Waals surface area contributed by atoms with E-state index in [0.717, 1.165) is 56.9 Å². The average Bonchev–Trinajstić information content (AvgIpc) is 2.83. The minimum absolute atomic E-state index is 0.0241. The van der Waals surface area contributed by atoms with Crippen LogP contribution in [-0.4, -0.2) is 69.4 Å². The van der Waals surface area contributed by atoms with Crippen molar-refractivity contribution in [3.8, 4) is 0 Å². The Morgan fingerprint density at radius 1 is 1.09 bits per heavy atom. The molecule has 0 radical (unpaired) electrons. The lowest BCUT2D eigenvalue weighted by Gasteiger charge is -2.32. The summed E-state index contributed by atoms with van der Waals surface area (Å²) in [5, 5.41) is 4.05. The van der Waals surface area contributed by atoms with Gasteiger partial charge in [0.25, 0.3) is 5.91 Å². The molecule has 3 aliphatic heterocycles. The maximum atomic E-state index is 12.8. The topological polar surface area (TPSA) is 108 Å². The number of nitrogens with one attached hydrogen (secondary N) is 1. The maximum absolute atomic E-state index is 12.8. The van der Waals surface area contributed by atoms with Crippen LogP contribution >= 0.6 is 0 Å². The van der Waals surface area contributed by atoms with Crippen molar-refractivity contribution in [2.45, 2.75) is 70.6 Å². The van der Waals surface area contributed by atoms with Crippen LogP contribution in [0.25, 0.3) is 0 Å². The lowest BCUT2D eigenvalue weighted by molar-refractivity contribution is -0.132. The summed E-state index contributed by atoms with van der Waals surface area (Å²) in [6, 6.07) is 0. The molecule has 0 aromatic carbocycles. The number of piperidine rings is 2. The number of hydrogen-bond acceptors (Lipinski definition) is 6. The highest BCUT2D eigenvalue weighted by atomic mass is 16.2. The van der Waals surface area contributed by atoms with Gasteiger partial charge in [0.15, 0.2) is 0 Å². The second-order valence-corrected chi connectivity index (χ2v) is 8.97. The molecule has 0 aliphatic carbocycles. The molecule has 4 heterocycles. The van der Waals surface area contributed by atoms with Crippen LogP contribution < -0.4 is 5.43 Å². The number of aromatic nitrogens is 2. The van der Waals surface area contributed by atoms with Crippen LogP contribution in [0.3, 0.4) is 0 Å². The zero-order chi connectivity index (χ0) is 22.5.